The molecule has 0 spiro atoms. The molecular formula is C26H30N2O2. The van der Waals surface area contributed by atoms with Crippen LogP contribution < -0.4 is 10.2 Å². The van der Waals surface area contributed by atoms with Crippen molar-refractivity contribution in [2.24, 2.45) is 0 Å². The first-order valence-electron chi connectivity index (χ1n) is 10.9. The van der Waals surface area contributed by atoms with Gasteiger partial charge in [0.1, 0.15) is 0 Å². The molecule has 4 heteroatoms. The molecule has 4 nitrogen and oxygen atoms in total. The van der Waals surface area contributed by atoms with Crippen LogP contribution >= 0.6 is 0 Å². The number of β-lactam (4-membered cyclic amide) rings is 1. The van der Waals surface area contributed by atoms with Gasteiger partial charge in [0.05, 0.1) is 6.42 Å². The molecule has 4 rings (SSSR count). The van der Waals surface area contributed by atoms with E-state index in [9.17, 15) is 9.59 Å². The summed E-state index contributed by atoms with van der Waals surface area (Å²) < 4.78 is 0. The van der Waals surface area contributed by atoms with Crippen molar-refractivity contribution in [1.82, 2.24) is 5.32 Å². The second-order valence-corrected chi connectivity index (χ2v) is 8.75. The molecule has 2 aromatic carbocycles. The van der Waals surface area contributed by atoms with E-state index >= 15 is 0 Å². The molecule has 0 bridgehead atoms. The predicted octanol–water partition coefficient (Wildman–Crippen LogP) is 4.94. The molecular weight excluding hydrogens is 372 g/mol. The van der Waals surface area contributed by atoms with Crippen molar-refractivity contribution in [3.8, 4) is 0 Å². The molecule has 2 aromatic rings. The van der Waals surface area contributed by atoms with Gasteiger partial charge in [-0.25, -0.2) is 0 Å². The summed E-state index contributed by atoms with van der Waals surface area (Å²) in [5.41, 5.74) is 3.91. The van der Waals surface area contributed by atoms with Crippen LogP contribution in [0.25, 0.3) is 6.08 Å². The Morgan fingerprint density at radius 3 is 2.43 bits per heavy atom. The van der Waals surface area contributed by atoms with Crippen LogP contribution in [0.15, 0.2) is 54.1 Å². The largest absolute Gasteiger partial charge is 0.351 e. The lowest BCUT2D eigenvalue weighted by Crippen LogP contribution is -2.72. The van der Waals surface area contributed by atoms with Crippen LogP contribution in [0.4, 0.5) is 5.69 Å². The van der Waals surface area contributed by atoms with Crippen molar-refractivity contribution in [3.63, 3.8) is 0 Å². The van der Waals surface area contributed by atoms with Crippen molar-refractivity contribution < 1.29 is 9.59 Å². The Labute approximate surface area is 179 Å². The summed E-state index contributed by atoms with van der Waals surface area (Å²) in [4.78, 5) is 28.3. The highest BCUT2D eigenvalue weighted by Crippen LogP contribution is 2.44. The molecule has 1 aliphatic heterocycles. The van der Waals surface area contributed by atoms with Gasteiger partial charge < -0.3 is 5.32 Å². The van der Waals surface area contributed by atoms with E-state index < -0.39 is 5.54 Å². The fourth-order valence-corrected chi connectivity index (χ4v) is 4.87. The molecule has 1 heterocycles. The molecule has 30 heavy (non-hydrogen) atoms. The molecule has 2 amide bonds. The first-order chi connectivity index (χ1) is 14.4. The quantitative estimate of drug-likeness (QED) is 0.720. The Morgan fingerprint density at radius 2 is 1.80 bits per heavy atom. The summed E-state index contributed by atoms with van der Waals surface area (Å²) in [7, 11) is 0. The van der Waals surface area contributed by atoms with E-state index in [2.05, 4.69) is 11.4 Å². The number of benzene rings is 2. The number of anilines is 1. The third kappa shape index (κ3) is 3.55. The van der Waals surface area contributed by atoms with Gasteiger partial charge in [0.2, 0.25) is 5.91 Å². The fourth-order valence-electron chi connectivity index (χ4n) is 4.87. The number of hydrogen-bond acceptors (Lipinski definition) is 2. The Balaban J connectivity index is 1.77. The van der Waals surface area contributed by atoms with Gasteiger partial charge in [-0.3, -0.25) is 14.5 Å². The van der Waals surface area contributed by atoms with Crippen LogP contribution in [-0.2, 0) is 9.59 Å². The normalized spacial score (nSPS) is 22.2. The van der Waals surface area contributed by atoms with Gasteiger partial charge >= 0.3 is 0 Å². The van der Waals surface area contributed by atoms with Crippen molar-refractivity contribution in [1.29, 1.82) is 0 Å². The average Bonchev–Trinajstić information content (AvgIpc) is 3.21. The van der Waals surface area contributed by atoms with E-state index in [4.69, 9.17) is 0 Å². The van der Waals surface area contributed by atoms with Crippen molar-refractivity contribution in [3.05, 3.63) is 70.8 Å². The standard InChI is InChI=1S/C26H30N2O2/c1-18-13-14-23(19(2)15-18)28-24(29)17-26(28,25(30)27-22-11-7-8-12-22)20(3)16-21-9-5-4-6-10-21/h4-6,9-10,13-16,22H,7-8,11-12,17H2,1-3H3,(H,27,30)/b20-16+/t26-/m1/s1. The van der Waals surface area contributed by atoms with Gasteiger partial charge in [0.25, 0.3) is 5.91 Å². The highest BCUT2D eigenvalue weighted by Gasteiger charge is 2.58. The molecule has 1 N–H and O–H groups in total. The number of carbonyl (C=O) groups excluding carboxylic acids is 2. The second kappa shape index (κ2) is 8.10. The molecule has 0 aromatic heterocycles. The van der Waals surface area contributed by atoms with Gasteiger partial charge in [-0.1, -0.05) is 66.9 Å². The van der Waals surface area contributed by atoms with Gasteiger partial charge in [-0.2, -0.15) is 0 Å². The minimum atomic E-state index is -0.977. The van der Waals surface area contributed by atoms with Crippen LogP contribution in [-0.4, -0.2) is 23.4 Å². The number of nitrogens with one attached hydrogen (secondary N) is 1. The van der Waals surface area contributed by atoms with E-state index in [1.54, 1.807) is 4.90 Å². The zero-order chi connectivity index (χ0) is 21.3. The van der Waals surface area contributed by atoms with Gasteiger partial charge in [-0.05, 0) is 56.4 Å². The lowest BCUT2D eigenvalue weighted by atomic mass is 9.75. The number of rotatable bonds is 5. The SMILES string of the molecule is C/C(=C\c1ccccc1)[C@@]1(C(=O)NC2CCCC2)CC(=O)N1c1ccc(C)cc1C. The fraction of sp³-hybridized carbons (Fsp3) is 0.385. The number of amides is 2. The Kier molecular flexibility index (Phi) is 5.50. The third-order valence-corrected chi connectivity index (χ3v) is 6.53. The maximum absolute atomic E-state index is 13.7. The van der Waals surface area contributed by atoms with Crippen molar-refractivity contribution in [2.45, 2.75) is 64.5 Å². The molecule has 1 saturated heterocycles. The first-order valence-corrected chi connectivity index (χ1v) is 10.9. The van der Waals surface area contributed by atoms with E-state index in [0.29, 0.717) is 0 Å². The van der Waals surface area contributed by atoms with Gasteiger partial charge in [0.15, 0.2) is 5.54 Å². The Hall–Kier alpha value is -2.88. The molecule has 0 unspecified atom stereocenters. The maximum Gasteiger partial charge on any atom is 0.251 e. The highest BCUT2D eigenvalue weighted by atomic mass is 16.2. The predicted molar refractivity (Wildman–Crippen MR) is 121 cm³/mol. The summed E-state index contributed by atoms with van der Waals surface area (Å²) in [6.45, 7) is 6.02. The van der Waals surface area contributed by atoms with Crippen LogP contribution in [0.3, 0.4) is 0 Å². The van der Waals surface area contributed by atoms with E-state index in [0.717, 1.165) is 53.6 Å². The zero-order valence-electron chi connectivity index (χ0n) is 18.1. The van der Waals surface area contributed by atoms with Crippen LogP contribution in [0, 0.1) is 13.8 Å². The topological polar surface area (TPSA) is 49.4 Å². The third-order valence-electron chi connectivity index (χ3n) is 6.53. The number of aryl methyl sites for hydroxylation is 2. The first kappa shape index (κ1) is 20.4. The van der Waals surface area contributed by atoms with Crippen LogP contribution in [0.1, 0.15) is 55.7 Å². The number of hydrogen-bond donors (Lipinski definition) is 1. The zero-order valence-corrected chi connectivity index (χ0v) is 18.1. The van der Waals surface area contributed by atoms with Crippen molar-refractivity contribution in [2.75, 3.05) is 4.90 Å². The van der Waals surface area contributed by atoms with E-state index in [1.807, 2.05) is 69.3 Å². The minimum Gasteiger partial charge on any atom is -0.351 e. The van der Waals surface area contributed by atoms with E-state index in [1.165, 1.54) is 0 Å². The summed E-state index contributed by atoms with van der Waals surface area (Å²) in [5, 5.41) is 3.27. The maximum atomic E-state index is 13.7. The molecule has 2 aliphatic rings. The molecule has 2 fully saturated rings. The second-order valence-electron chi connectivity index (χ2n) is 8.75. The van der Waals surface area contributed by atoms with Gasteiger partial charge in [-0.15, -0.1) is 0 Å². The lowest BCUT2D eigenvalue weighted by molar-refractivity contribution is -0.138. The smallest absolute Gasteiger partial charge is 0.251 e. The Bertz CT molecular complexity index is 989. The highest BCUT2D eigenvalue weighted by molar-refractivity contribution is 6.16. The Morgan fingerprint density at radius 1 is 1.10 bits per heavy atom. The summed E-state index contributed by atoms with van der Waals surface area (Å²) in [6, 6.07) is 16.2. The average molecular weight is 403 g/mol. The molecule has 0 radical (unpaired) electrons. The monoisotopic (exact) mass is 402 g/mol. The molecule has 1 aliphatic carbocycles. The van der Waals surface area contributed by atoms with Crippen LogP contribution in [0.2, 0.25) is 0 Å². The summed E-state index contributed by atoms with van der Waals surface area (Å²) in [5.74, 6) is -0.0667. The molecule has 1 atom stereocenters. The van der Waals surface area contributed by atoms with Gasteiger partial charge in [0, 0.05) is 11.7 Å². The number of nitrogens with zero attached hydrogens (tertiary/aromatic N) is 1. The summed E-state index contributed by atoms with van der Waals surface area (Å²) in [6.07, 6.45) is 6.57. The minimum absolute atomic E-state index is 0.00987. The van der Waals surface area contributed by atoms with Crippen molar-refractivity contribution >= 4 is 23.6 Å². The molecule has 156 valence electrons. The van der Waals surface area contributed by atoms with E-state index in [-0.39, 0.29) is 24.3 Å². The summed E-state index contributed by atoms with van der Waals surface area (Å²) >= 11 is 0. The number of carbonyl (C=O) groups is 2. The van der Waals surface area contributed by atoms with Crippen LogP contribution in [0.5, 0.6) is 0 Å². The lowest BCUT2D eigenvalue weighted by Gasteiger charge is -2.52. The molecule has 1 saturated carbocycles.